The van der Waals surface area contributed by atoms with Crippen LogP contribution in [0.4, 0.5) is 0 Å². The second-order valence-electron chi connectivity index (χ2n) is 4.23. The fourth-order valence-electron chi connectivity index (χ4n) is 2.13. The third kappa shape index (κ3) is 2.32. The van der Waals surface area contributed by atoms with E-state index in [0.29, 0.717) is 5.92 Å². The third-order valence-corrected chi connectivity index (χ3v) is 4.21. The lowest BCUT2D eigenvalue weighted by molar-refractivity contribution is 0.250. The Morgan fingerprint density at radius 1 is 1.53 bits per heavy atom. The van der Waals surface area contributed by atoms with Gasteiger partial charge in [-0.15, -0.1) is 0 Å². The van der Waals surface area contributed by atoms with E-state index >= 15 is 0 Å². The van der Waals surface area contributed by atoms with Crippen molar-refractivity contribution in [1.29, 1.82) is 0 Å². The van der Waals surface area contributed by atoms with E-state index < -0.39 is 0 Å². The number of hydrogen-bond acceptors (Lipinski definition) is 4. The molecular weight excluding hydrogens is 208 g/mol. The number of piperidine rings is 1. The average molecular weight is 226 g/mol. The Morgan fingerprint density at radius 3 is 2.93 bits per heavy atom. The highest BCUT2D eigenvalue weighted by Gasteiger charge is 2.22. The van der Waals surface area contributed by atoms with Gasteiger partial charge in [-0.1, -0.05) is 11.3 Å². The first kappa shape index (κ1) is 10.9. The van der Waals surface area contributed by atoms with E-state index in [-0.39, 0.29) is 0 Å². The molecule has 0 N–H and O–H groups in total. The number of hydrogen-bond donors (Lipinski definition) is 0. The summed E-state index contributed by atoms with van der Waals surface area (Å²) in [5, 5.41) is 2.22. The van der Waals surface area contributed by atoms with Crippen LogP contribution < -0.4 is 4.74 Å². The second kappa shape index (κ2) is 4.49. The van der Waals surface area contributed by atoms with E-state index in [9.17, 15) is 0 Å². The van der Waals surface area contributed by atoms with Gasteiger partial charge in [0.05, 0.1) is 12.8 Å². The van der Waals surface area contributed by atoms with Gasteiger partial charge in [0.2, 0.25) is 0 Å². The van der Waals surface area contributed by atoms with Crippen molar-refractivity contribution in [2.45, 2.75) is 25.7 Å². The van der Waals surface area contributed by atoms with Crippen molar-refractivity contribution in [3.8, 4) is 5.06 Å². The van der Waals surface area contributed by atoms with Crippen molar-refractivity contribution in [1.82, 2.24) is 9.88 Å². The molecular formula is C11H18N2OS. The van der Waals surface area contributed by atoms with Crippen LogP contribution >= 0.6 is 11.3 Å². The quantitative estimate of drug-likeness (QED) is 0.773. The van der Waals surface area contributed by atoms with Crippen LogP contribution in [0.1, 0.15) is 29.5 Å². The SMILES string of the molecule is COc1sc(C2CCCN(C)C2)nc1C. The maximum absolute atomic E-state index is 5.29. The van der Waals surface area contributed by atoms with E-state index in [1.165, 1.54) is 24.4 Å². The molecule has 2 heterocycles. The summed E-state index contributed by atoms with van der Waals surface area (Å²) in [6.07, 6.45) is 2.54. The molecule has 0 radical (unpaired) electrons. The Morgan fingerprint density at radius 2 is 2.33 bits per heavy atom. The highest BCUT2D eigenvalue weighted by molar-refractivity contribution is 7.13. The van der Waals surface area contributed by atoms with E-state index in [2.05, 4.69) is 16.9 Å². The van der Waals surface area contributed by atoms with Crippen LogP contribution in [0.2, 0.25) is 0 Å². The predicted molar refractivity (Wildman–Crippen MR) is 62.9 cm³/mol. The van der Waals surface area contributed by atoms with Gasteiger partial charge in [0.1, 0.15) is 5.01 Å². The summed E-state index contributed by atoms with van der Waals surface area (Å²) >= 11 is 1.71. The Bertz CT molecular complexity index is 337. The lowest BCUT2D eigenvalue weighted by Gasteiger charge is -2.28. The molecule has 0 saturated carbocycles. The minimum Gasteiger partial charge on any atom is -0.486 e. The first-order chi connectivity index (χ1) is 7.20. The van der Waals surface area contributed by atoms with Gasteiger partial charge < -0.3 is 9.64 Å². The van der Waals surface area contributed by atoms with Gasteiger partial charge in [0, 0.05) is 12.5 Å². The van der Waals surface area contributed by atoms with Crippen molar-refractivity contribution >= 4 is 11.3 Å². The Kier molecular flexibility index (Phi) is 3.26. The number of ether oxygens (including phenoxy) is 1. The largest absolute Gasteiger partial charge is 0.486 e. The smallest absolute Gasteiger partial charge is 0.196 e. The molecule has 1 saturated heterocycles. The molecule has 1 aromatic heterocycles. The van der Waals surface area contributed by atoms with E-state index in [0.717, 1.165) is 17.3 Å². The number of aryl methyl sites for hydroxylation is 1. The number of methoxy groups -OCH3 is 1. The first-order valence-electron chi connectivity index (χ1n) is 5.40. The third-order valence-electron chi connectivity index (χ3n) is 2.93. The Balaban J connectivity index is 2.14. The van der Waals surface area contributed by atoms with E-state index in [1.807, 2.05) is 6.92 Å². The molecule has 4 heteroatoms. The molecule has 0 amide bonds. The summed E-state index contributed by atoms with van der Waals surface area (Å²) in [6.45, 7) is 4.37. The summed E-state index contributed by atoms with van der Waals surface area (Å²) in [5.41, 5.74) is 1.03. The zero-order valence-electron chi connectivity index (χ0n) is 9.62. The molecule has 2 rings (SSSR count). The zero-order valence-corrected chi connectivity index (χ0v) is 10.4. The van der Waals surface area contributed by atoms with Gasteiger partial charge in [0.15, 0.2) is 5.06 Å². The summed E-state index contributed by atoms with van der Waals surface area (Å²) < 4.78 is 5.29. The highest BCUT2D eigenvalue weighted by Crippen LogP contribution is 2.34. The lowest BCUT2D eigenvalue weighted by atomic mass is 9.99. The summed E-state index contributed by atoms with van der Waals surface area (Å²) in [6, 6.07) is 0. The van der Waals surface area contributed by atoms with Crippen LogP contribution in [0.5, 0.6) is 5.06 Å². The zero-order chi connectivity index (χ0) is 10.8. The molecule has 0 bridgehead atoms. The Hall–Kier alpha value is -0.610. The average Bonchev–Trinajstić information content (AvgIpc) is 2.60. The summed E-state index contributed by atoms with van der Waals surface area (Å²) in [4.78, 5) is 6.99. The summed E-state index contributed by atoms with van der Waals surface area (Å²) in [5.74, 6) is 0.608. The fraction of sp³-hybridized carbons (Fsp3) is 0.727. The summed E-state index contributed by atoms with van der Waals surface area (Å²) in [7, 11) is 3.90. The van der Waals surface area contributed by atoms with Crippen LogP contribution in [0.25, 0.3) is 0 Å². The topological polar surface area (TPSA) is 25.4 Å². The monoisotopic (exact) mass is 226 g/mol. The molecule has 1 aromatic rings. The highest BCUT2D eigenvalue weighted by atomic mass is 32.1. The first-order valence-corrected chi connectivity index (χ1v) is 6.22. The molecule has 1 fully saturated rings. The fourth-order valence-corrected chi connectivity index (χ4v) is 3.14. The van der Waals surface area contributed by atoms with Crippen LogP contribution in [-0.2, 0) is 0 Å². The van der Waals surface area contributed by atoms with Crippen LogP contribution in [0.15, 0.2) is 0 Å². The number of aromatic nitrogens is 1. The van der Waals surface area contributed by atoms with Crippen molar-refractivity contribution in [2.24, 2.45) is 0 Å². The molecule has 1 aliphatic heterocycles. The number of likely N-dealkylation sites (N-methyl/N-ethyl adjacent to an activating group) is 1. The molecule has 1 unspecified atom stereocenters. The maximum atomic E-state index is 5.29. The van der Waals surface area contributed by atoms with Gasteiger partial charge >= 0.3 is 0 Å². The van der Waals surface area contributed by atoms with Gasteiger partial charge in [-0.2, -0.15) is 0 Å². The van der Waals surface area contributed by atoms with Crippen LogP contribution in [-0.4, -0.2) is 37.1 Å². The van der Waals surface area contributed by atoms with Gasteiger partial charge in [-0.25, -0.2) is 4.98 Å². The van der Waals surface area contributed by atoms with Gasteiger partial charge in [0.25, 0.3) is 0 Å². The lowest BCUT2D eigenvalue weighted by Crippen LogP contribution is -2.30. The molecule has 15 heavy (non-hydrogen) atoms. The molecule has 1 aliphatic rings. The maximum Gasteiger partial charge on any atom is 0.196 e. The molecule has 0 aliphatic carbocycles. The molecule has 3 nitrogen and oxygen atoms in total. The molecule has 1 atom stereocenters. The molecule has 0 aromatic carbocycles. The molecule has 0 spiro atoms. The molecule has 84 valence electrons. The Labute approximate surface area is 95.1 Å². The second-order valence-corrected chi connectivity index (χ2v) is 5.22. The van der Waals surface area contributed by atoms with E-state index in [1.54, 1.807) is 18.4 Å². The minimum absolute atomic E-state index is 0.608. The standard InChI is InChI=1S/C11H18N2OS/c1-8-11(14-3)15-10(12-8)9-5-4-6-13(2)7-9/h9H,4-7H2,1-3H3. The van der Waals surface area contributed by atoms with E-state index in [4.69, 9.17) is 4.74 Å². The predicted octanol–water partition coefficient (Wildman–Crippen LogP) is 2.27. The van der Waals surface area contributed by atoms with Crippen LogP contribution in [0.3, 0.4) is 0 Å². The number of likely N-dealkylation sites (tertiary alicyclic amines) is 1. The number of rotatable bonds is 2. The van der Waals surface area contributed by atoms with Crippen molar-refractivity contribution in [2.75, 3.05) is 27.2 Å². The van der Waals surface area contributed by atoms with Gasteiger partial charge in [-0.05, 0) is 33.4 Å². The number of thiazole rings is 1. The van der Waals surface area contributed by atoms with Gasteiger partial charge in [-0.3, -0.25) is 0 Å². The van der Waals surface area contributed by atoms with Crippen molar-refractivity contribution < 1.29 is 4.74 Å². The van der Waals surface area contributed by atoms with Crippen molar-refractivity contribution in [3.05, 3.63) is 10.7 Å². The van der Waals surface area contributed by atoms with Crippen molar-refractivity contribution in [3.63, 3.8) is 0 Å². The normalized spacial score (nSPS) is 23.0. The number of nitrogens with zero attached hydrogens (tertiary/aromatic N) is 2. The minimum atomic E-state index is 0.608. The van der Waals surface area contributed by atoms with Crippen LogP contribution in [0, 0.1) is 6.92 Å².